The maximum Gasteiger partial charge on any atom is 0.293 e. The maximum atomic E-state index is 11.7. The third kappa shape index (κ3) is 3.34. The normalized spacial score (nSPS) is 11.1. The number of benzene rings is 1. The largest absolute Gasteiger partial charge is 0.496 e. The smallest absolute Gasteiger partial charge is 0.293 e. The summed E-state index contributed by atoms with van der Waals surface area (Å²) >= 11 is 0. The Kier molecular flexibility index (Phi) is 4.35. The summed E-state index contributed by atoms with van der Waals surface area (Å²) in [5, 5.41) is 0. The van der Waals surface area contributed by atoms with Crippen LogP contribution in [-0.2, 0) is 15.0 Å². The summed E-state index contributed by atoms with van der Waals surface area (Å²) in [6, 6.07) is 5.48. The van der Waals surface area contributed by atoms with Gasteiger partial charge < -0.3 is 9.64 Å². The summed E-state index contributed by atoms with van der Waals surface area (Å²) in [6.07, 6.45) is 0. The number of methoxy groups -OCH3 is 1. The number of carbonyl (C=O) groups is 2. The molecule has 0 aliphatic rings. The van der Waals surface area contributed by atoms with E-state index in [1.807, 2.05) is 12.1 Å². The molecule has 104 valence electrons. The Morgan fingerprint density at radius 1 is 1.21 bits per heavy atom. The second kappa shape index (κ2) is 5.43. The molecule has 0 heterocycles. The second-order valence-electron chi connectivity index (χ2n) is 5.55. The second-order valence-corrected chi connectivity index (χ2v) is 5.55. The number of rotatable bonds is 3. The van der Waals surface area contributed by atoms with Crippen molar-refractivity contribution >= 4 is 17.4 Å². The summed E-state index contributed by atoms with van der Waals surface area (Å²) < 4.78 is 5.34. The monoisotopic (exact) mass is 263 g/mol. The van der Waals surface area contributed by atoms with Gasteiger partial charge in [0.2, 0.25) is 5.78 Å². The number of carbonyl (C=O) groups excluding carboxylic acids is 2. The van der Waals surface area contributed by atoms with Crippen LogP contribution in [0.5, 0.6) is 5.75 Å². The van der Waals surface area contributed by atoms with Crippen molar-refractivity contribution in [3.63, 3.8) is 0 Å². The minimum absolute atomic E-state index is 0.110. The molecule has 4 nitrogen and oxygen atoms in total. The van der Waals surface area contributed by atoms with Crippen LogP contribution in [0.4, 0.5) is 5.69 Å². The Morgan fingerprint density at radius 3 is 2.21 bits per heavy atom. The molecule has 1 rings (SSSR count). The number of Topliss-reactive ketones (excluding diaryl/α,β-unsaturated/α-hetero) is 1. The Labute approximate surface area is 114 Å². The van der Waals surface area contributed by atoms with Gasteiger partial charge in [-0.15, -0.1) is 0 Å². The molecule has 0 aromatic heterocycles. The zero-order valence-corrected chi connectivity index (χ0v) is 12.4. The highest BCUT2D eigenvalue weighted by Crippen LogP contribution is 2.34. The van der Waals surface area contributed by atoms with Crippen molar-refractivity contribution in [3.05, 3.63) is 23.8 Å². The lowest BCUT2D eigenvalue weighted by atomic mass is 9.86. The zero-order chi connectivity index (χ0) is 14.8. The summed E-state index contributed by atoms with van der Waals surface area (Å²) in [5.41, 5.74) is 1.57. The molecule has 0 bridgehead atoms. The molecule has 19 heavy (non-hydrogen) atoms. The van der Waals surface area contributed by atoms with E-state index in [1.165, 1.54) is 11.8 Å². The van der Waals surface area contributed by atoms with Crippen LogP contribution in [0, 0.1) is 0 Å². The van der Waals surface area contributed by atoms with Crippen molar-refractivity contribution < 1.29 is 14.3 Å². The zero-order valence-electron chi connectivity index (χ0n) is 12.4. The van der Waals surface area contributed by atoms with E-state index in [9.17, 15) is 9.59 Å². The predicted octanol–water partition coefficient (Wildman–Crippen LogP) is 2.54. The number of hydrogen-bond donors (Lipinski definition) is 0. The SMILES string of the molecule is COc1ccc(N(C)C(=O)C(C)=O)cc1C(C)(C)C. The molecule has 1 amide bonds. The van der Waals surface area contributed by atoms with Gasteiger partial charge >= 0.3 is 0 Å². The van der Waals surface area contributed by atoms with Gasteiger partial charge in [-0.3, -0.25) is 9.59 Å². The number of ketones is 1. The lowest BCUT2D eigenvalue weighted by Gasteiger charge is -2.25. The van der Waals surface area contributed by atoms with E-state index in [-0.39, 0.29) is 5.41 Å². The molecule has 0 aliphatic carbocycles. The molecule has 0 N–H and O–H groups in total. The summed E-state index contributed by atoms with van der Waals surface area (Å²) in [7, 11) is 3.21. The maximum absolute atomic E-state index is 11.7. The van der Waals surface area contributed by atoms with E-state index >= 15 is 0 Å². The molecule has 0 radical (unpaired) electrons. The highest BCUT2D eigenvalue weighted by atomic mass is 16.5. The van der Waals surface area contributed by atoms with Crippen LogP contribution < -0.4 is 9.64 Å². The highest BCUT2D eigenvalue weighted by Gasteiger charge is 2.22. The minimum atomic E-state index is -0.523. The van der Waals surface area contributed by atoms with Gasteiger partial charge in [0.05, 0.1) is 7.11 Å². The van der Waals surface area contributed by atoms with Crippen LogP contribution in [0.3, 0.4) is 0 Å². The molecular weight excluding hydrogens is 242 g/mol. The predicted molar refractivity (Wildman–Crippen MR) is 75.8 cm³/mol. The Morgan fingerprint density at radius 2 is 1.79 bits per heavy atom. The minimum Gasteiger partial charge on any atom is -0.496 e. The van der Waals surface area contributed by atoms with Gasteiger partial charge in [-0.2, -0.15) is 0 Å². The fraction of sp³-hybridized carbons (Fsp3) is 0.467. The molecule has 0 unspecified atom stereocenters. The van der Waals surface area contributed by atoms with Crippen LogP contribution in [0.25, 0.3) is 0 Å². The molecule has 0 saturated carbocycles. The molecule has 1 aromatic rings. The molecule has 0 aliphatic heterocycles. The van der Waals surface area contributed by atoms with Crippen LogP contribution in [0.2, 0.25) is 0 Å². The molecule has 0 spiro atoms. The fourth-order valence-corrected chi connectivity index (χ4v) is 1.84. The summed E-state index contributed by atoms with van der Waals surface area (Å²) in [6.45, 7) is 7.48. The topological polar surface area (TPSA) is 46.6 Å². The van der Waals surface area contributed by atoms with Gasteiger partial charge in [0, 0.05) is 25.2 Å². The van der Waals surface area contributed by atoms with Gasteiger partial charge in [0.15, 0.2) is 0 Å². The van der Waals surface area contributed by atoms with Gasteiger partial charge in [-0.1, -0.05) is 20.8 Å². The average molecular weight is 263 g/mol. The fourth-order valence-electron chi connectivity index (χ4n) is 1.84. The number of hydrogen-bond acceptors (Lipinski definition) is 3. The molecule has 4 heteroatoms. The van der Waals surface area contributed by atoms with Crippen molar-refractivity contribution in [3.8, 4) is 5.75 Å². The van der Waals surface area contributed by atoms with Crippen molar-refractivity contribution in [2.45, 2.75) is 33.1 Å². The van der Waals surface area contributed by atoms with Gasteiger partial charge in [-0.25, -0.2) is 0 Å². The standard InChI is InChI=1S/C15H21NO3/c1-10(17)14(18)16(5)11-7-8-13(19-6)12(9-11)15(2,3)4/h7-9H,1-6H3. The first-order valence-electron chi connectivity index (χ1n) is 6.15. The van der Waals surface area contributed by atoms with Crippen molar-refractivity contribution in [2.24, 2.45) is 0 Å². The quantitative estimate of drug-likeness (QED) is 0.787. The first-order chi connectivity index (χ1) is 8.68. The lowest BCUT2D eigenvalue weighted by Crippen LogP contribution is -2.31. The van der Waals surface area contributed by atoms with Gasteiger partial charge in [0.1, 0.15) is 5.75 Å². The molecule has 0 saturated heterocycles. The Hall–Kier alpha value is -1.84. The number of likely N-dealkylation sites (N-methyl/N-ethyl adjacent to an activating group) is 1. The first kappa shape index (κ1) is 15.2. The van der Waals surface area contributed by atoms with Crippen LogP contribution in [0.1, 0.15) is 33.3 Å². The number of amides is 1. The number of nitrogens with zero attached hydrogens (tertiary/aromatic N) is 1. The van der Waals surface area contributed by atoms with Crippen molar-refractivity contribution in [1.82, 2.24) is 0 Å². The van der Waals surface area contributed by atoms with Crippen LogP contribution in [-0.4, -0.2) is 25.8 Å². The molecule has 0 fully saturated rings. The van der Waals surface area contributed by atoms with Gasteiger partial charge in [0.25, 0.3) is 5.91 Å². The third-order valence-corrected chi connectivity index (χ3v) is 2.98. The van der Waals surface area contributed by atoms with E-state index < -0.39 is 11.7 Å². The van der Waals surface area contributed by atoms with Crippen molar-refractivity contribution in [2.75, 3.05) is 19.1 Å². The third-order valence-electron chi connectivity index (χ3n) is 2.98. The highest BCUT2D eigenvalue weighted by molar-refractivity contribution is 6.40. The van der Waals surface area contributed by atoms with E-state index in [1.54, 1.807) is 20.2 Å². The number of anilines is 1. The lowest BCUT2D eigenvalue weighted by molar-refractivity contribution is -0.134. The van der Waals surface area contributed by atoms with Crippen LogP contribution in [0.15, 0.2) is 18.2 Å². The Balaban J connectivity index is 3.26. The van der Waals surface area contributed by atoms with E-state index in [4.69, 9.17) is 4.74 Å². The van der Waals surface area contributed by atoms with E-state index in [0.29, 0.717) is 5.69 Å². The number of ether oxygens (including phenoxy) is 1. The van der Waals surface area contributed by atoms with E-state index in [2.05, 4.69) is 20.8 Å². The average Bonchev–Trinajstić information content (AvgIpc) is 2.35. The summed E-state index contributed by atoms with van der Waals surface area (Å²) in [5.74, 6) is -0.222. The first-order valence-corrected chi connectivity index (χ1v) is 6.15. The van der Waals surface area contributed by atoms with Gasteiger partial charge in [-0.05, 0) is 23.6 Å². The molecule has 0 atom stereocenters. The van der Waals surface area contributed by atoms with Crippen molar-refractivity contribution in [1.29, 1.82) is 0 Å². The Bertz CT molecular complexity index is 501. The van der Waals surface area contributed by atoms with E-state index in [0.717, 1.165) is 11.3 Å². The summed E-state index contributed by atoms with van der Waals surface area (Å²) in [4.78, 5) is 24.2. The van der Waals surface area contributed by atoms with Crippen LogP contribution >= 0.6 is 0 Å². The molecular formula is C15H21NO3. The molecule has 1 aromatic carbocycles.